The number of amides is 1. The summed E-state index contributed by atoms with van der Waals surface area (Å²) in [6, 6.07) is 7.17. The zero-order valence-electron chi connectivity index (χ0n) is 11.4. The van der Waals surface area contributed by atoms with Crippen molar-refractivity contribution in [2.75, 3.05) is 13.2 Å². The lowest BCUT2D eigenvalue weighted by Crippen LogP contribution is -2.29. The number of rotatable bonds is 7. The van der Waals surface area contributed by atoms with Crippen LogP contribution in [0.1, 0.15) is 18.9 Å². The van der Waals surface area contributed by atoms with Gasteiger partial charge in [-0.05, 0) is 25.5 Å². The Labute approximate surface area is 123 Å². The molecule has 0 fully saturated rings. The van der Waals surface area contributed by atoms with Crippen molar-refractivity contribution in [3.05, 3.63) is 28.8 Å². The van der Waals surface area contributed by atoms with Gasteiger partial charge in [-0.1, -0.05) is 17.7 Å². The lowest BCUT2D eigenvalue weighted by atomic mass is 10.1. The van der Waals surface area contributed by atoms with E-state index in [-0.39, 0.29) is 25.0 Å². The third kappa shape index (κ3) is 5.47. The quantitative estimate of drug-likeness (QED) is 0.749. The number of carbonyl (C=O) groups is 1. The van der Waals surface area contributed by atoms with Crippen molar-refractivity contribution < 1.29 is 9.53 Å². The molecule has 3 N–H and O–H groups in total. The number of carbonyl (C=O) groups excluding carboxylic acids is 1. The van der Waals surface area contributed by atoms with Crippen LogP contribution in [0.5, 0.6) is 5.75 Å². The molecular weight excluding hydrogens is 278 g/mol. The number of benzene rings is 1. The smallest absolute Gasteiger partial charge is 0.257 e. The van der Waals surface area contributed by atoms with Gasteiger partial charge in [-0.15, -0.1) is 0 Å². The Morgan fingerprint density at radius 3 is 3.00 bits per heavy atom. The second-order valence-electron chi connectivity index (χ2n) is 4.44. The van der Waals surface area contributed by atoms with Gasteiger partial charge in [0.25, 0.3) is 5.91 Å². The van der Waals surface area contributed by atoms with E-state index in [1.165, 1.54) is 0 Å². The molecule has 0 bridgehead atoms. The van der Waals surface area contributed by atoms with E-state index in [9.17, 15) is 4.79 Å². The summed E-state index contributed by atoms with van der Waals surface area (Å²) in [5.41, 5.74) is 6.58. The number of nitriles is 1. The molecule has 108 valence electrons. The topological polar surface area (TPSA) is 88.1 Å². The maximum Gasteiger partial charge on any atom is 0.257 e. The molecule has 0 saturated heterocycles. The van der Waals surface area contributed by atoms with E-state index in [1.807, 2.05) is 13.0 Å². The van der Waals surface area contributed by atoms with Gasteiger partial charge in [-0.3, -0.25) is 4.79 Å². The van der Waals surface area contributed by atoms with Crippen LogP contribution in [0, 0.1) is 11.3 Å². The minimum absolute atomic E-state index is 0.0540. The van der Waals surface area contributed by atoms with E-state index >= 15 is 0 Å². The van der Waals surface area contributed by atoms with E-state index in [2.05, 4.69) is 5.32 Å². The second kappa shape index (κ2) is 8.41. The Kier molecular flexibility index (Phi) is 6.85. The first-order chi connectivity index (χ1) is 9.54. The summed E-state index contributed by atoms with van der Waals surface area (Å²) in [6.45, 7) is 2.08. The predicted octanol–water partition coefficient (Wildman–Crippen LogP) is 1.64. The van der Waals surface area contributed by atoms with Crippen LogP contribution in [-0.4, -0.2) is 25.1 Å². The summed E-state index contributed by atoms with van der Waals surface area (Å²) >= 11 is 6.12. The van der Waals surface area contributed by atoms with Gasteiger partial charge in [0.15, 0.2) is 6.61 Å². The molecule has 0 aromatic heterocycles. The monoisotopic (exact) mass is 295 g/mol. The fourth-order valence-corrected chi connectivity index (χ4v) is 1.89. The van der Waals surface area contributed by atoms with Gasteiger partial charge in [-0.25, -0.2) is 0 Å². The van der Waals surface area contributed by atoms with Crippen molar-refractivity contribution >= 4 is 17.5 Å². The third-order valence-corrected chi connectivity index (χ3v) is 2.87. The van der Waals surface area contributed by atoms with Crippen LogP contribution in [0.2, 0.25) is 5.02 Å². The molecule has 0 spiro atoms. The van der Waals surface area contributed by atoms with Crippen molar-refractivity contribution in [2.45, 2.75) is 25.8 Å². The fraction of sp³-hybridized carbons (Fsp3) is 0.429. The second-order valence-corrected chi connectivity index (χ2v) is 4.85. The van der Waals surface area contributed by atoms with Gasteiger partial charge in [0.2, 0.25) is 0 Å². The van der Waals surface area contributed by atoms with Crippen molar-refractivity contribution in [3.63, 3.8) is 0 Å². The van der Waals surface area contributed by atoms with Crippen LogP contribution in [-0.2, 0) is 11.2 Å². The third-order valence-electron chi connectivity index (χ3n) is 2.52. The van der Waals surface area contributed by atoms with E-state index in [1.54, 1.807) is 18.2 Å². The summed E-state index contributed by atoms with van der Waals surface area (Å²) in [5, 5.41) is 11.5. The Hall–Kier alpha value is -1.77. The highest BCUT2D eigenvalue weighted by Crippen LogP contribution is 2.27. The minimum Gasteiger partial charge on any atom is -0.483 e. The van der Waals surface area contributed by atoms with Gasteiger partial charge in [0.05, 0.1) is 12.5 Å². The zero-order valence-corrected chi connectivity index (χ0v) is 12.1. The number of hydrogen-bond acceptors (Lipinski definition) is 4. The van der Waals surface area contributed by atoms with Crippen LogP contribution in [0.15, 0.2) is 18.2 Å². The molecule has 1 unspecified atom stereocenters. The standard InChI is InChI=1S/C14H18ClN3O2/c1-10(17)8-11-12(15)4-2-5-13(11)20-9-14(19)18-7-3-6-16/h2,4-5,10H,3,7-9,17H2,1H3,(H,18,19). The molecule has 1 aromatic rings. The fourth-order valence-electron chi connectivity index (χ4n) is 1.65. The molecule has 0 aliphatic carbocycles. The number of nitrogens with two attached hydrogens (primary N) is 1. The molecule has 0 heterocycles. The summed E-state index contributed by atoms with van der Waals surface area (Å²) in [4.78, 5) is 11.5. The van der Waals surface area contributed by atoms with Crippen LogP contribution in [0.4, 0.5) is 0 Å². The van der Waals surface area contributed by atoms with Gasteiger partial charge in [-0.2, -0.15) is 5.26 Å². The molecule has 1 amide bonds. The Morgan fingerprint density at radius 1 is 1.60 bits per heavy atom. The first-order valence-corrected chi connectivity index (χ1v) is 6.71. The van der Waals surface area contributed by atoms with E-state index in [4.69, 9.17) is 27.3 Å². The SMILES string of the molecule is CC(N)Cc1c(Cl)cccc1OCC(=O)NCCC#N. The summed E-state index contributed by atoms with van der Waals surface area (Å²) in [6.07, 6.45) is 0.851. The summed E-state index contributed by atoms with van der Waals surface area (Å²) in [7, 11) is 0. The highest BCUT2D eigenvalue weighted by molar-refractivity contribution is 6.31. The molecule has 6 heteroatoms. The van der Waals surface area contributed by atoms with E-state index < -0.39 is 0 Å². The number of ether oxygens (including phenoxy) is 1. The first-order valence-electron chi connectivity index (χ1n) is 6.34. The molecule has 20 heavy (non-hydrogen) atoms. The average Bonchev–Trinajstić information content (AvgIpc) is 2.39. The van der Waals surface area contributed by atoms with Gasteiger partial charge < -0.3 is 15.8 Å². The molecular formula is C14H18ClN3O2. The van der Waals surface area contributed by atoms with Crippen LogP contribution in [0.3, 0.4) is 0 Å². The molecule has 0 aliphatic heterocycles. The summed E-state index contributed by atoms with van der Waals surface area (Å²) in [5.74, 6) is 0.289. The van der Waals surface area contributed by atoms with Crippen LogP contribution in [0.25, 0.3) is 0 Å². The zero-order chi connectivity index (χ0) is 15.0. The number of nitrogens with zero attached hydrogens (tertiary/aromatic N) is 1. The Balaban J connectivity index is 2.61. The van der Waals surface area contributed by atoms with Gasteiger partial charge in [0, 0.05) is 23.2 Å². The number of hydrogen-bond donors (Lipinski definition) is 2. The molecule has 0 aliphatic rings. The van der Waals surface area contributed by atoms with Gasteiger partial charge >= 0.3 is 0 Å². The first kappa shape index (κ1) is 16.3. The van der Waals surface area contributed by atoms with Crippen LogP contribution < -0.4 is 15.8 Å². The predicted molar refractivity (Wildman–Crippen MR) is 77.5 cm³/mol. The van der Waals surface area contributed by atoms with Crippen molar-refractivity contribution in [1.29, 1.82) is 5.26 Å². The lowest BCUT2D eigenvalue weighted by Gasteiger charge is -2.14. The van der Waals surface area contributed by atoms with E-state index in [0.717, 1.165) is 5.56 Å². The molecule has 1 rings (SSSR count). The average molecular weight is 296 g/mol. The van der Waals surface area contributed by atoms with Crippen molar-refractivity contribution in [1.82, 2.24) is 5.32 Å². The molecule has 0 radical (unpaired) electrons. The maximum absolute atomic E-state index is 11.5. The largest absolute Gasteiger partial charge is 0.483 e. The van der Waals surface area contributed by atoms with Crippen molar-refractivity contribution in [3.8, 4) is 11.8 Å². The maximum atomic E-state index is 11.5. The highest BCUT2D eigenvalue weighted by Gasteiger charge is 2.11. The molecule has 1 atom stereocenters. The Bertz CT molecular complexity index is 498. The van der Waals surface area contributed by atoms with Crippen molar-refractivity contribution in [2.24, 2.45) is 5.73 Å². The summed E-state index contributed by atoms with van der Waals surface area (Å²) < 4.78 is 5.48. The van der Waals surface area contributed by atoms with Crippen LogP contribution >= 0.6 is 11.6 Å². The molecule has 1 aromatic carbocycles. The normalized spacial score (nSPS) is 11.5. The number of halogens is 1. The minimum atomic E-state index is -0.271. The lowest BCUT2D eigenvalue weighted by molar-refractivity contribution is -0.123. The van der Waals surface area contributed by atoms with Gasteiger partial charge in [0.1, 0.15) is 5.75 Å². The number of nitrogens with one attached hydrogen (secondary N) is 1. The molecule has 5 nitrogen and oxygen atoms in total. The highest BCUT2D eigenvalue weighted by atomic mass is 35.5. The van der Waals surface area contributed by atoms with E-state index in [0.29, 0.717) is 23.7 Å². The Morgan fingerprint density at radius 2 is 2.35 bits per heavy atom. The molecule has 0 saturated carbocycles.